The van der Waals surface area contributed by atoms with E-state index in [1.807, 2.05) is 13.1 Å². The zero-order valence-corrected chi connectivity index (χ0v) is 25.9. The third-order valence-corrected chi connectivity index (χ3v) is 9.55. The maximum atomic E-state index is 3.58. The molecule has 9 rings (SSSR count). The summed E-state index contributed by atoms with van der Waals surface area (Å²) in [7, 11) is 1.95. The molecule has 0 saturated carbocycles. The molecule has 2 N–H and O–H groups in total. The van der Waals surface area contributed by atoms with Crippen molar-refractivity contribution < 1.29 is 0 Å². The molecule has 2 nitrogen and oxygen atoms in total. The van der Waals surface area contributed by atoms with E-state index >= 15 is 0 Å². The zero-order chi connectivity index (χ0) is 30.8. The highest BCUT2D eigenvalue weighted by Gasteiger charge is 2.18. The molecule has 0 saturated heterocycles. The molecule has 9 aromatic rings. The van der Waals surface area contributed by atoms with E-state index < -0.39 is 0 Å². The average molecular weight is 589 g/mol. The maximum absolute atomic E-state index is 3.58. The van der Waals surface area contributed by atoms with Crippen molar-refractivity contribution in [2.24, 2.45) is 0 Å². The lowest BCUT2D eigenvalue weighted by molar-refractivity contribution is 1.48. The van der Waals surface area contributed by atoms with E-state index in [9.17, 15) is 0 Å². The standard InChI is InChI=1S/C44H32N2/c1-27-23-29-15-17-31-25-33(26-32-18-16-30(24-27)41(29)42(31)32)44-37-11-5-3-9-35(37)43(36-10-4-6-12-38(36)44)28-19-21-34(22-20-28)46-40-14-8-7-13-39(40)45-2/h3-26,45-46H,1-2H3. The Morgan fingerprint density at radius 3 is 1.35 bits per heavy atom. The summed E-state index contributed by atoms with van der Waals surface area (Å²) < 4.78 is 0. The molecule has 0 aliphatic heterocycles. The number of para-hydroxylation sites is 2. The number of rotatable bonds is 5. The Bertz CT molecular complexity index is 2470. The molecular weight excluding hydrogens is 556 g/mol. The number of aryl methyl sites for hydroxylation is 1. The summed E-state index contributed by atoms with van der Waals surface area (Å²) in [5.41, 5.74) is 9.50. The van der Waals surface area contributed by atoms with Gasteiger partial charge in [-0.1, -0.05) is 109 Å². The second kappa shape index (κ2) is 10.4. The van der Waals surface area contributed by atoms with Gasteiger partial charge in [-0.15, -0.1) is 0 Å². The van der Waals surface area contributed by atoms with Gasteiger partial charge in [-0.05, 0) is 125 Å². The van der Waals surface area contributed by atoms with E-state index in [4.69, 9.17) is 0 Å². The van der Waals surface area contributed by atoms with E-state index in [1.165, 1.54) is 81.7 Å². The summed E-state index contributed by atoms with van der Waals surface area (Å²) in [4.78, 5) is 0. The maximum Gasteiger partial charge on any atom is 0.0619 e. The molecule has 0 aliphatic carbocycles. The fourth-order valence-electron chi connectivity index (χ4n) is 7.57. The molecule has 0 fully saturated rings. The van der Waals surface area contributed by atoms with Crippen LogP contribution >= 0.6 is 0 Å². The van der Waals surface area contributed by atoms with Crippen molar-refractivity contribution >= 4 is 70.9 Å². The SMILES string of the molecule is CNc1ccccc1Nc1ccc(-c2c3ccccc3c(-c3cc4ccc5cc(C)cc6ccc(c3)c4c56)c3ccccc23)cc1. The van der Waals surface area contributed by atoms with Crippen molar-refractivity contribution in [2.75, 3.05) is 17.7 Å². The number of anilines is 3. The van der Waals surface area contributed by atoms with Crippen LogP contribution in [0.3, 0.4) is 0 Å². The van der Waals surface area contributed by atoms with Gasteiger partial charge < -0.3 is 10.6 Å². The Morgan fingerprint density at radius 2 is 0.848 bits per heavy atom. The molecule has 0 spiro atoms. The van der Waals surface area contributed by atoms with Crippen LogP contribution in [0.25, 0.3) is 76.1 Å². The van der Waals surface area contributed by atoms with Gasteiger partial charge in [0.25, 0.3) is 0 Å². The van der Waals surface area contributed by atoms with Gasteiger partial charge in [0.05, 0.1) is 11.4 Å². The lowest BCUT2D eigenvalue weighted by Gasteiger charge is -2.19. The fourth-order valence-corrected chi connectivity index (χ4v) is 7.57. The molecule has 0 atom stereocenters. The first-order valence-electron chi connectivity index (χ1n) is 15.9. The first kappa shape index (κ1) is 26.5. The van der Waals surface area contributed by atoms with Gasteiger partial charge in [0.15, 0.2) is 0 Å². The minimum Gasteiger partial charge on any atom is -0.386 e. The Hall–Kier alpha value is -5.86. The minimum absolute atomic E-state index is 1.06. The molecule has 0 aromatic heterocycles. The quantitative estimate of drug-likeness (QED) is 0.154. The Balaban J connectivity index is 1.24. The number of benzene rings is 9. The fraction of sp³-hybridized carbons (Fsp3) is 0.0455. The highest BCUT2D eigenvalue weighted by molar-refractivity contribution is 6.26. The number of hydrogen-bond acceptors (Lipinski definition) is 2. The predicted molar refractivity (Wildman–Crippen MR) is 200 cm³/mol. The second-order valence-electron chi connectivity index (χ2n) is 12.4. The van der Waals surface area contributed by atoms with Gasteiger partial charge in [-0.2, -0.15) is 0 Å². The molecule has 2 heteroatoms. The van der Waals surface area contributed by atoms with Crippen LogP contribution in [0.4, 0.5) is 17.1 Å². The molecule has 218 valence electrons. The molecule has 0 amide bonds. The lowest BCUT2D eigenvalue weighted by atomic mass is 9.84. The third kappa shape index (κ3) is 4.11. The molecule has 46 heavy (non-hydrogen) atoms. The molecule has 0 unspecified atom stereocenters. The van der Waals surface area contributed by atoms with E-state index in [0.29, 0.717) is 0 Å². The Labute approximate surface area is 268 Å². The van der Waals surface area contributed by atoms with Gasteiger partial charge in [0.1, 0.15) is 0 Å². The third-order valence-electron chi connectivity index (χ3n) is 9.55. The van der Waals surface area contributed by atoms with Gasteiger partial charge in [-0.3, -0.25) is 0 Å². The molecular formula is C44H32N2. The highest BCUT2D eigenvalue weighted by Crippen LogP contribution is 2.46. The van der Waals surface area contributed by atoms with Crippen molar-refractivity contribution in [3.8, 4) is 22.3 Å². The minimum atomic E-state index is 1.06. The van der Waals surface area contributed by atoms with E-state index in [2.05, 4.69) is 157 Å². The Morgan fingerprint density at radius 1 is 0.413 bits per heavy atom. The van der Waals surface area contributed by atoms with Crippen molar-refractivity contribution in [3.05, 3.63) is 151 Å². The smallest absolute Gasteiger partial charge is 0.0619 e. The number of hydrogen-bond donors (Lipinski definition) is 2. The van der Waals surface area contributed by atoms with E-state index in [0.717, 1.165) is 17.1 Å². The summed E-state index contributed by atoms with van der Waals surface area (Å²) >= 11 is 0. The van der Waals surface area contributed by atoms with Crippen molar-refractivity contribution in [2.45, 2.75) is 6.92 Å². The molecule has 0 radical (unpaired) electrons. The summed E-state index contributed by atoms with van der Waals surface area (Å²) in [5.74, 6) is 0. The molecule has 0 heterocycles. The number of fused-ring (bicyclic) bond motifs is 2. The number of nitrogens with one attached hydrogen (secondary N) is 2. The largest absolute Gasteiger partial charge is 0.386 e. The van der Waals surface area contributed by atoms with E-state index in [1.54, 1.807) is 0 Å². The first-order chi connectivity index (χ1) is 22.7. The molecule has 0 bridgehead atoms. The van der Waals surface area contributed by atoms with Crippen LogP contribution in [0.5, 0.6) is 0 Å². The summed E-state index contributed by atoms with van der Waals surface area (Å²) in [6, 6.07) is 53.5. The van der Waals surface area contributed by atoms with Crippen LogP contribution in [0, 0.1) is 6.92 Å². The first-order valence-corrected chi connectivity index (χ1v) is 15.9. The lowest BCUT2D eigenvalue weighted by Crippen LogP contribution is -1.96. The average Bonchev–Trinajstić information content (AvgIpc) is 3.09. The van der Waals surface area contributed by atoms with Crippen LogP contribution in [-0.4, -0.2) is 7.05 Å². The van der Waals surface area contributed by atoms with Crippen LogP contribution in [0.15, 0.2) is 146 Å². The summed E-state index contributed by atoms with van der Waals surface area (Å²) in [5, 5.41) is 19.8. The topological polar surface area (TPSA) is 24.1 Å². The zero-order valence-electron chi connectivity index (χ0n) is 25.9. The van der Waals surface area contributed by atoms with Crippen LogP contribution in [0.2, 0.25) is 0 Å². The van der Waals surface area contributed by atoms with Crippen LogP contribution < -0.4 is 10.6 Å². The van der Waals surface area contributed by atoms with Gasteiger partial charge in [0, 0.05) is 12.7 Å². The van der Waals surface area contributed by atoms with Crippen molar-refractivity contribution in [3.63, 3.8) is 0 Å². The van der Waals surface area contributed by atoms with Gasteiger partial charge in [0.2, 0.25) is 0 Å². The monoisotopic (exact) mass is 588 g/mol. The Kier molecular flexibility index (Phi) is 5.97. The van der Waals surface area contributed by atoms with E-state index in [-0.39, 0.29) is 0 Å². The highest BCUT2D eigenvalue weighted by atomic mass is 14.9. The van der Waals surface area contributed by atoms with Gasteiger partial charge in [-0.25, -0.2) is 0 Å². The van der Waals surface area contributed by atoms with Crippen LogP contribution in [-0.2, 0) is 0 Å². The summed E-state index contributed by atoms with van der Waals surface area (Å²) in [6.45, 7) is 2.18. The normalized spacial score (nSPS) is 11.7. The summed E-state index contributed by atoms with van der Waals surface area (Å²) in [6.07, 6.45) is 0. The predicted octanol–water partition coefficient (Wildman–Crippen LogP) is 12.3. The van der Waals surface area contributed by atoms with Crippen molar-refractivity contribution in [1.82, 2.24) is 0 Å². The van der Waals surface area contributed by atoms with Crippen LogP contribution in [0.1, 0.15) is 5.56 Å². The second-order valence-corrected chi connectivity index (χ2v) is 12.4. The van der Waals surface area contributed by atoms with Gasteiger partial charge >= 0.3 is 0 Å². The molecule has 9 aromatic carbocycles. The van der Waals surface area contributed by atoms with Crippen molar-refractivity contribution in [1.29, 1.82) is 0 Å². The molecule has 0 aliphatic rings.